The molecular weight excluding hydrogens is 120 g/mol. The van der Waals surface area contributed by atoms with E-state index in [1.807, 2.05) is 45.0 Å². The fourth-order valence-corrected chi connectivity index (χ4v) is 1.13. The minimum absolute atomic E-state index is 0.467. The van der Waals surface area contributed by atoms with Crippen molar-refractivity contribution in [3.8, 4) is 0 Å². The van der Waals surface area contributed by atoms with Crippen LogP contribution in [0.1, 0.15) is 32.2 Å². The molecule has 0 radical (unpaired) electrons. The summed E-state index contributed by atoms with van der Waals surface area (Å²) in [6.45, 7) is 5.87. The molecule has 0 N–H and O–H groups in total. The van der Waals surface area contributed by atoms with E-state index in [0.717, 1.165) is 5.56 Å². The third-order valence-corrected chi connectivity index (χ3v) is 1.68. The first-order valence-corrected chi connectivity index (χ1v) is 3.58. The van der Waals surface area contributed by atoms with Crippen molar-refractivity contribution in [1.82, 2.24) is 0 Å². The standard InChI is InChI=1S/C10H14/c1-8(2)10-7-5-4-6-9(10)3/h4-8H,1-3H3/i8D. The molecule has 0 heteroatoms. The van der Waals surface area contributed by atoms with Crippen molar-refractivity contribution < 1.29 is 1.37 Å². The predicted octanol–water partition coefficient (Wildman–Crippen LogP) is 3.12. The zero-order valence-corrected chi connectivity index (χ0v) is 6.81. The van der Waals surface area contributed by atoms with Crippen molar-refractivity contribution in [1.29, 1.82) is 0 Å². The fourth-order valence-electron chi connectivity index (χ4n) is 1.13. The second kappa shape index (κ2) is 2.87. The second-order valence-electron chi connectivity index (χ2n) is 2.81. The van der Waals surface area contributed by atoms with E-state index in [1.165, 1.54) is 5.56 Å². The minimum atomic E-state index is -0.467. The summed E-state index contributed by atoms with van der Waals surface area (Å²) >= 11 is 0. The molecule has 0 amide bonds. The van der Waals surface area contributed by atoms with Gasteiger partial charge in [-0.3, -0.25) is 0 Å². The molecule has 10 heavy (non-hydrogen) atoms. The molecule has 0 fully saturated rings. The molecular formula is C10H14. The van der Waals surface area contributed by atoms with E-state index in [9.17, 15) is 0 Å². The molecule has 0 bridgehead atoms. The largest absolute Gasteiger partial charge is 0.0620 e. The Bertz CT molecular complexity index is 245. The fraction of sp³-hybridized carbons (Fsp3) is 0.400. The molecule has 0 atom stereocenters. The third kappa shape index (κ3) is 1.38. The van der Waals surface area contributed by atoms with Gasteiger partial charge in [-0.25, -0.2) is 0 Å². The quantitative estimate of drug-likeness (QED) is 0.555. The lowest BCUT2D eigenvalue weighted by Gasteiger charge is -2.07. The van der Waals surface area contributed by atoms with Crippen LogP contribution in [0.5, 0.6) is 0 Å². The van der Waals surface area contributed by atoms with Gasteiger partial charge in [-0.15, -0.1) is 0 Å². The summed E-state index contributed by atoms with van der Waals surface area (Å²) in [5, 5.41) is 0. The molecule has 1 rings (SSSR count). The van der Waals surface area contributed by atoms with Crippen molar-refractivity contribution in [3.05, 3.63) is 35.4 Å². The van der Waals surface area contributed by atoms with E-state index in [0.29, 0.717) is 0 Å². The number of hydrogen-bond acceptors (Lipinski definition) is 0. The van der Waals surface area contributed by atoms with Crippen molar-refractivity contribution in [2.45, 2.75) is 26.7 Å². The van der Waals surface area contributed by atoms with Gasteiger partial charge in [-0.05, 0) is 23.9 Å². The Hall–Kier alpha value is -0.780. The lowest BCUT2D eigenvalue weighted by atomic mass is 9.99. The van der Waals surface area contributed by atoms with E-state index in [4.69, 9.17) is 1.37 Å². The van der Waals surface area contributed by atoms with Gasteiger partial charge in [0, 0.05) is 1.37 Å². The van der Waals surface area contributed by atoms with Crippen LogP contribution in [-0.2, 0) is 0 Å². The van der Waals surface area contributed by atoms with Crippen LogP contribution in [0.15, 0.2) is 24.3 Å². The Morgan fingerprint density at radius 2 is 1.90 bits per heavy atom. The van der Waals surface area contributed by atoms with Crippen LogP contribution in [0.25, 0.3) is 0 Å². The Morgan fingerprint density at radius 3 is 2.30 bits per heavy atom. The highest BCUT2D eigenvalue weighted by atomic mass is 14.0. The van der Waals surface area contributed by atoms with Crippen molar-refractivity contribution in [2.24, 2.45) is 0 Å². The molecule has 1 aromatic carbocycles. The Kier molecular flexibility index (Phi) is 1.71. The Morgan fingerprint density at radius 1 is 1.30 bits per heavy atom. The molecule has 0 unspecified atom stereocenters. The van der Waals surface area contributed by atoms with E-state index in [1.54, 1.807) is 0 Å². The van der Waals surface area contributed by atoms with Crippen LogP contribution in [0.4, 0.5) is 0 Å². The molecule has 54 valence electrons. The van der Waals surface area contributed by atoms with Gasteiger partial charge >= 0.3 is 0 Å². The summed E-state index contributed by atoms with van der Waals surface area (Å²) in [4.78, 5) is 0. The van der Waals surface area contributed by atoms with Crippen LogP contribution in [0, 0.1) is 6.92 Å². The molecule has 0 nitrogen and oxygen atoms in total. The highest BCUT2D eigenvalue weighted by Gasteiger charge is 1.99. The van der Waals surface area contributed by atoms with Crippen LogP contribution in [-0.4, -0.2) is 0 Å². The topological polar surface area (TPSA) is 0 Å². The van der Waals surface area contributed by atoms with Crippen LogP contribution in [0.3, 0.4) is 0 Å². The lowest BCUT2D eigenvalue weighted by Crippen LogP contribution is -1.89. The first kappa shape index (κ1) is 5.96. The van der Waals surface area contributed by atoms with Gasteiger partial charge in [-0.1, -0.05) is 38.1 Å². The molecule has 0 heterocycles. The average molecular weight is 135 g/mol. The van der Waals surface area contributed by atoms with Gasteiger partial charge in [0.15, 0.2) is 0 Å². The Balaban J connectivity index is 3.14. The number of benzene rings is 1. The van der Waals surface area contributed by atoms with Crippen molar-refractivity contribution >= 4 is 0 Å². The maximum absolute atomic E-state index is 7.81. The zero-order valence-electron chi connectivity index (χ0n) is 7.81. The summed E-state index contributed by atoms with van der Waals surface area (Å²) < 4.78 is 7.81. The van der Waals surface area contributed by atoms with Crippen LogP contribution >= 0.6 is 0 Å². The van der Waals surface area contributed by atoms with E-state index in [2.05, 4.69) is 0 Å². The molecule has 1 aromatic rings. The normalized spacial score (nSPS) is 12.9. The SMILES string of the molecule is [2H]C(C)(C)c1ccccc1C. The maximum atomic E-state index is 7.81. The molecule has 0 saturated carbocycles. The maximum Gasteiger partial charge on any atom is 0.0347 e. The smallest absolute Gasteiger partial charge is 0.0347 e. The second-order valence-corrected chi connectivity index (χ2v) is 2.81. The summed E-state index contributed by atoms with van der Waals surface area (Å²) in [6, 6.07) is 8.05. The predicted molar refractivity (Wildman–Crippen MR) is 45.3 cm³/mol. The Labute approximate surface area is 64.3 Å². The summed E-state index contributed by atoms with van der Waals surface area (Å²) in [6.07, 6.45) is 0. The van der Waals surface area contributed by atoms with Gasteiger partial charge in [0.1, 0.15) is 0 Å². The van der Waals surface area contributed by atoms with E-state index in [-0.39, 0.29) is 0 Å². The average Bonchev–Trinajstić information content (AvgIpc) is 1.86. The summed E-state index contributed by atoms with van der Waals surface area (Å²) in [7, 11) is 0. The first-order chi connectivity index (χ1) is 5.02. The highest BCUT2D eigenvalue weighted by molar-refractivity contribution is 5.27. The van der Waals surface area contributed by atoms with Gasteiger partial charge in [0.25, 0.3) is 0 Å². The molecule has 0 aliphatic heterocycles. The molecule has 0 saturated heterocycles. The summed E-state index contributed by atoms with van der Waals surface area (Å²) in [5.74, 6) is -0.467. The zero-order chi connectivity index (χ0) is 8.48. The van der Waals surface area contributed by atoms with Crippen LogP contribution in [0.2, 0.25) is 0 Å². The highest BCUT2D eigenvalue weighted by Crippen LogP contribution is 2.17. The number of aryl methyl sites for hydroxylation is 1. The van der Waals surface area contributed by atoms with Gasteiger partial charge < -0.3 is 0 Å². The first-order valence-electron chi connectivity index (χ1n) is 4.08. The lowest BCUT2D eigenvalue weighted by molar-refractivity contribution is 0.856. The van der Waals surface area contributed by atoms with Gasteiger partial charge in [0.05, 0.1) is 0 Å². The molecule has 0 aromatic heterocycles. The summed E-state index contributed by atoms with van der Waals surface area (Å²) in [5.41, 5.74) is 2.31. The molecule has 0 aliphatic carbocycles. The van der Waals surface area contributed by atoms with Crippen LogP contribution < -0.4 is 0 Å². The number of rotatable bonds is 1. The third-order valence-electron chi connectivity index (χ3n) is 1.68. The van der Waals surface area contributed by atoms with Gasteiger partial charge in [0.2, 0.25) is 0 Å². The molecule has 0 aliphatic rings. The number of hydrogen-bond donors (Lipinski definition) is 0. The van der Waals surface area contributed by atoms with E-state index < -0.39 is 5.89 Å². The van der Waals surface area contributed by atoms with Crippen molar-refractivity contribution in [2.75, 3.05) is 0 Å². The van der Waals surface area contributed by atoms with Crippen molar-refractivity contribution in [3.63, 3.8) is 0 Å². The molecule has 0 spiro atoms. The van der Waals surface area contributed by atoms with E-state index >= 15 is 0 Å². The van der Waals surface area contributed by atoms with Gasteiger partial charge in [-0.2, -0.15) is 0 Å². The minimum Gasteiger partial charge on any atom is -0.0620 e. The monoisotopic (exact) mass is 135 g/mol.